The fraction of sp³-hybridized carbons (Fsp3) is 0.167. The monoisotopic (exact) mass is 558 g/mol. The predicted octanol–water partition coefficient (Wildman–Crippen LogP) is 5.32. The number of hydrogen-bond donors (Lipinski definition) is 4. The van der Waals surface area contributed by atoms with Gasteiger partial charge in [0.15, 0.2) is 0 Å². The van der Waals surface area contributed by atoms with Crippen LogP contribution in [0.5, 0.6) is 0 Å². The lowest BCUT2D eigenvalue weighted by Gasteiger charge is -2.10. The zero-order chi connectivity index (χ0) is 29.0. The van der Waals surface area contributed by atoms with Gasteiger partial charge in [0.05, 0.1) is 17.7 Å². The summed E-state index contributed by atoms with van der Waals surface area (Å²) in [7, 11) is -1.75. The summed E-state index contributed by atoms with van der Waals surface area (Å²) in [5.74, 6) is -0.166. The molecule has 0 saturated heterocycles. The molecule has 0 bridgehead atoms. The molecule has 40 heavy (non-hydrogen) atoms. The number of pyridine rings is 1. The van der Waals surface area contributed by atoms with E-state index in [-0.39, 0.29) is 24.0 Å². The van der Waals surface area contributed by atoms with Gasteiger partial charge in [-0.3, -0.25) is 10.4 Å². The van der Waals surface area contributed by atoms with Gasteiger partial charge in [0.2, 0.25) is 10.0 Å². The number of fused-ring (bicyclic) bond motifs is 1. The Labute approximate surface area is 233 Å². The minimum Gasteiger partial charge on any atom is -0.383 e. The topological polar surface area (TPSA) is 137 Å². The summed E-state index contributed by atoms with van der Waals surface area (Å²) in [5, 5.41) is 9.75. The molecule has 2 aromatic carbocycles. The smallest absolute Gasteiger partial charge is 0.209 e. The van der Waals surface area contributed by atoms with Crippen LogP contribution in [0.1, 0.15) is 29.3 Å². The van der Waals surface area contributed by atoms with E-state index in [2.05, 4.69) is 26.3 Å². The van der Waals surface area contributed by atoms with E-state index in [4.69, 9.17) is 11.1 Å². The Balaban J connectivity index is 1.75. The number of halogens is 1. The van der Waals surface area contributed by atoms with Crippen LogP contribution < -0.4 is 10.5 Å². The molecule has 0 aliphatic rings. The van der Waals surface area contributed by atoms with Crippen LogP contribution in [0.3, 0.4) is 0 Å². The number of nitrogen functional groups attached to an aromatic ring is 1. The van der Waals surface area contributed by atoms with Gasteiger partial charge >= 0.3 is 0 Å². The van der Waals surface area contributed by atoms with Crippen molar-refractivity contribution in [3.8, 4) is 11.1 Å². The molecule has 0 radical (unpaired) electrons. The SMILES string of the molecule is C=C[C@H](C)/C=C(\C=NC)c1cnc(N)c(C(=N)c2cc3c(-c4cc(F)cc(CNS(C)(=O)=O)c4)cccc3[nH]2)c1. The maximum Gasteiger partial charge on any atom is 0.209 e. The van der Waals surface area contributed by atoms with Crippen LogP contribution >= 0.6 is 0 Å². The van der Waals surface area contributed by atoms with Crippen LogP contribution in [-0.4, -0.2) is 43.6 Å². The highest BCUT2D eigenvalue weighted by atomic mass is 32.2. The lowest BCUT2D eigenvalue weighted by molar-refractivity contribution is 0.586. The van der Waals surface area contributed by atoms with Crippen LogP contribution in [0.4, 0.5) is 10.2 Å². The number of rotatable bonds is 10. The maximum absolute atomic E-state index is 14.5. The molecule has 206 valence electrons. The summed E-state index contributed by atoms with van der Waals surface area (Å²) in [5.41, 5.74) is 11.5. The van der Waals surface area contributed by atoms with Gasteiger partial charge in [-0.25, -0.2) is 22.5 Å². The third-order valence-electron chi connectivity index (χ3n) is 6.34. The molecule has 0 saturated carbocycles. The van der Waals surface area contributed by atoms with Gasteiger partial charge in [-0.2, -0.15) is 0 Å². The number of nitrogens with zero attached hydrogens (tertiary/aromatic N) is 2. The van der Waals surface area contributed by atoms with Crippen molar-refractivity contribution >= 4 is 44.2 Å². The van der Waals surface area contributed by atoms with Crippen molar-refractivity contribution in [2.75, 3.05) is 19.0 Å². The number of nitrogens with two attached hydrogens (primary N) is 1. The summed E-state index contributed by atoms with van der Waals surface area (Å²) in [6.45, 7) is 5.81. The van der Waals surface area contributed by atoms with Crippen LogP contribution in [0, 0.1) is 17.1 Å². The minimum atomic E-state index is -3.43. The zero-order valence-electron chi connectivity index (χ0n) is 22.5. The standard InChI is InChI=1S/C30H31FN6O2S/c1-5-18(2)9-21(16-34-3)22-13-26(30(33)35-17-22)29(32)28-14-25-24(7-6-8-27(25)37-28)20-10-19(11-23(31)12-20)15-36-40(4,38)39/h5-14,16-18,32,36-37H,1,15H2,2-4H3,(H2,33,35)/b21-9+,32-29?,34-16?/t18-/m0/s1. The van der Waals surface area contributed by atoms with E-state index in [0.717, 1.165) is 33.9 Å². The van der Waals surface area contributed by atoms with Gasteiger partial charge in [0, 0.05) is 48.0 Å². The molecule has 1 atom stereocenters. The number of benzene rings is 2. The van der Waals surface area contributed by atoms with E-state index in [0.29, 0.717) is 22.4 Å². The Morgan fingerprint density at radius 1 is 1.27 bits per heavy atom. The van der Waals surface area contributed by atoms with E-state index < -0.39 is 15.8 Å². The summed E-state index contributed by atoms with van der Waals surface area (Å²) in [6.07, 6.45) is 8.27. The molecule has 0 amide bonds. The van der Waals surface area contributed by atoms with Gasteiger partial charge < -0.3 is 10.7 Å². The normalized spacial score (nSPS) is 13.2. The van der Waals surface area contributed by atoms with Crippen molar-refractivity contribution < 1.29 is 12.8 Å². The van der Waals surface area contributed by atoms with Crippen molar-refractivity contribution in [2.45, 2.75) is 13.5 Å². The Morgan fingerprint density at radius 3 is 2.75 bits per heavy atom. The Kier molecular flexibility index (Phi) is 8.41. The number of aliphatic imine (C=N–C) groups is 1. The van der Waals surface area contributed by atoms with E-state index in [1.54, 1.807) is 25.5 Å². The number of sulfonamides is 1. The Morgan fingerprint density at radius 2 is 2.05 bits per heavy atom. The second-order valence-corrected chi connectivity index (χ2v) is 11.4. The lowest BCUT2D eigenvalue weighted by atomic mass is 9.98. The molecule has 0 aliphatic carbocycles. The molecule has 0 spiro atoms. The Hall–Kier alpha value is -4.41. The third kappa shape index (κ3) is 6.59. The molecule has 4 aromatic rings. The molecular weight excluding hydrogens is 527 g/mol. The summed E-state index contributed by atoms with van der Waals surface area (Å²) < 4.78 is 40.0. The second kappa shape index (κ2) is 11.8. The van der Waals surface area contributed by atoms with E-state index in [1.807, 2.05) is 49.4 Å². The fourth-order valence-electron chi connectivity index (χ4n) is 4.35. The van der Waals surface area contributed by atoms with Gasteiger partial charge in [-0.1, -0.05) is 31.2 Å². The second-order valence-electron chi connectivity index (χ2n) is 9.53. The summed E-state index contributed by atoms with van der Waals surface area (Å²) in [4.78, 5) is 11.8. The average Bonchev–Trinajstić information content (AvgIpc) is 3.35. The first kappa shape index (κ1) is 28.6. The van der Waals surface area contributed by atoms with Gasteiger partial charge in [-0.15, -0.1) is 6.58 Å². The molecule has 8 nitrogen and oxygen atoms in total. The summed E-state index contributed by atoms with van der Waals surface area (Å²) in [6, 6.07) is 13.6. The predicted molar refractivity (Wildman–Crippen MR) is 162 cm³/mol. The minimum absolute atomic E-state index is 0.0318. The first-order chi connectivity index (χ1) is 19.0. The van der Waals surface area contributed by atoms with Crippen LogP contribution in [0.25, 0.3) is 27.6 Å². The first-order valence-electron chi connectivity index (χ1n) is 12.5. The first-order valence-corrected chi connectivity index (χ1v) is 14.4. The van der Waals surface area contributed by atoms with Crippen molar-refractivity contribution in [1.82, 2.24) is 14.7 Å². The number of nitrogens with one attached hydrogen (secondary N) is 3. The molecule has 2 heterocycles. The highest BCUT2D eigenvalue weighted by molar-refractivity contribution is 7.88. The molecule has 2 aromatic heterocycles. The number of H-pyrrole nitrogens is 1. The third-order valence-corrected chi connectivity index (χ3v) is 7.01. The number of hydrogen-bond acceptors (Lipinski definition) is 6. The van der Waals surface area contributed by atoms with Crippen molar-refractivity contribution in [3.63, 3.8) is 0 Å². The number of anilines is 1. The van der Waals surface area contributed by atoms with Gasteiger partial charge in [-0.05, 0) is 64.6 Å². The number of aromatic nitrogens is 2. The Bertz CT molecular complexity index is 1770. The lowest BCUT2D eigenvalue weighted by Crippen LogP contribution is -2.21. The molecular formula is C30H31FN6O2S. The molecule has 5 N–H and O–H groups in total. The number of allylic oxidation sites excluding steroid dienone is 3. The molecule has 10 heteroatoms. The van der Waals surface area contributed by atoms with Crippen LogP contribution in [0.2, 0.25) is 0 Å². The highest BCUT2D eigenvalue weighted by Crippen LogP contribution is 2.32. The van der Waals surface area contributed by atoms with Crippen molar-refractivity contribution in [3.05, 3.63) is 102 Å². The molecule has 0 fully saturated rings. The largest absolute Gasteiger partial charge is 0.383 e. The van der Waals surface area contributed by atoms with Gasteiger partial charge in [0.25, 0.3) is 0 Å². The molecule has 0 aliphatic heterocycles. The van der Waals surface area contributed by atoms with Crippen molar-refractivity contribution in [2.24, 2.45) is 10.9 Å². The maximum atomic E-state index is 14.5. The summed E-state index contributed by atoms with van der Waals surface area (Å²) >= 11 is 0. The van der Waals surface area contributed by atoms with Crippen molar-refractivity contribution in [1.29, 1.82) is 5.41 Å². The number of aromatic amines is 1. The molecule has 4 rings (SSSR count). The quantitative estimate of drug-likeness (QED) is 0.155. The van der Waals surface area contributed by atoms with E-state index in [9.17, 15) is 12.8 Å². The molecule has 0 unspecified atom stereocenters. The van der Waals surface area contributed by atoms with Gasteiger partial charge in [0.1, 0.15) is 11.6 Å². The van der Waals surface area contributed by atoms with E-state index in [1.165, 1.54) is 12.1 Å². The van der Waals surface area contributed by atoms with E-state index >= 15 is 0 Å². The van der Waals surface area contributed by atoms with Crippen LogP contribution in [-0.2, 0) is 16.6 Å². The fourth-order valence-corrected chi connectivity index (χ4v) is 4.78. The van der Waals surface area contributed by atoms with Crippen LogP contribution in [0.15, 0.2) is 78.5 Å². The zero-order valence-corrected chi connectivity index (χ0v) is 23.3. The highest BCUT2D eigenvalue weighted by Gasteiger charge is 2.17. The average molecular weight is 559 g/mol.